The van der Waals surface area contributed by atoms with Crippen molar-refractivity contribution in [1.29, 1.82) is 0 Å². The third-order valence-corrected chi connectivity index (χ3v) is 5.28. The molecule has 3 aromatic rings. The van der Waals surface area contributed by atoms with Crippen LogP contribution in [-0.2, 0) is 11.2 Å². The van der Waals surface area contributed by atoms with E-state index in [1.165, 1.54) is 6.20 Å². The fraction of sp³-hybridized carbons (Fsp3) is 0.200. The quantitative estimate of drug-likeness (QED) is 0.279. The van der Waals surface area contributed by atoms with Gasteiger partial charge in [-0.25, -0.2) is 9.78 Å². The molecule has 0 radical (unpaired) electrons. The minimum atomic E-state index is -0.860. The number of urea groups is 1. The second-order valence-electron chi connectivity index (χ2n) is 7.83. The number of nitrogens with zero attached hydrogens (tertiary/aromatic N) is 1. The Labute approximate surface area is 207 Å². The van der Waals surface area contributed by atoms with Crippen LogP contribution in [0.5, 0.6) is 0 Å². The van der Waals surface area contributed by atoms with Crippen molar-refractivity contribution < 1.29 is 19.5 Å². The first kappa shape index (κ1) is 25.5. The van der Waals surface area contributed by atoms with E-state index in [2.05, 4.69) is 26.3 Å². The Morgan fingerprint density at radius 3 is 2.29 bits per heavy atom. The van der Waals surface area contributed by atoms with Gasteiger partial charge in [-0.1, -0.05) is 30.7 Å². The lowest BCUT2D eigenvalue weighted by Gasteiger charge is -2.15. The minimum Gasteiger partial charge on any atom is -0.481 e. The number of anilines is 4. The fourth-order valence-corrected chi connectivity index (χ4v) is 3.31. The molecule has 1 heterocycles. The van der Waals surface area contributed by atoms with Crippen molar-refractivity contribution in [1.82, 2.24) is 10.3 Å². The van der Waals surface area contributed by atoms with Crippen LogP contribution in [0.4, 0.5) is 27.7 Å². The number of carbonyl (C=O) groups excluding carboxylic acids is 2. The number of aliphatic carboxylic acids is 1. The van der Waals surface area contributed by atoms with E-state index >= 15 is 0 Å². The molecule has 0 aliphatic rings. The summed E-state index contributed by atoms with van der Waals surface area (Å²) in [5.74, 6) is -1.51. The number of nitrogens with one attached hydrogen (secondary N) is 4. The molecule has 0 spiro atoms. The summed E-state index contributed by atoms with van der Waals surface area (Å²) in [6.07, 6.45) is 1.76. The van der Waals surface area contributed by atoms with Crippen molar-refractivity contribution >= 4 is 52.4 Å². The monoisotopic (exact) mass is 495 g/mol. The molecule has 1 atom stereocenters. The largest absolute Gasteiger partial charge is 0.481 e. The second kappa shape index (κ2) is 11.8. The van der Waals surface area contributed by atoms with E-state index in [9.17, 15) is 14.4 Å². The van der Waals surface area contributed by atoms with Crippen LogP contribution in [0.2, 0.25) is 5.02 Å². The third-order valence-electron chi connectivity index (χ3n) is 5.03. The second-order valence-corrected chi connectivity index (χ2v) is 8.26. The maximum atomic E-state index is 13.1. The zero-order chi connectivity index (χ0) is 25.4. The van der Waals surface area contributed by atoms with Gasteiger partial charge in [0.25, 0.3) is 5.91 Å². The molecule has 1 unspecified atom stereocenters. The summed E-state index contributed by atoms with van der Waals surface area (Å²) in [6, 6.07) is 15.1. The Balaban J connectivity index is 1.81. The predicted molar refractivity (Wildman–Crippen MR) is 137 cm³/mol. The van der Waals surface area contributed by atoms with Gasteiger partial charge in [-0.2, -0.15) is 0 Å². The Morgan fingerprint density at radius 2 is 1.66 bits per heavy atom. The SMILES string of the molecule is CCNC(=O)Nc1cc(Nc2ccc(Cl)cc2)c(C(=O)Nc2ccc(CC(C)C(=O)O)cc2)cn1. The lowest BCUT2D eigenvalue weighted by Crippen LogP contribution is -2.28. The van der Waals surface area contributed by atoms with Crippen LogP contribution >= 0.6 is 11.6 Å². The average Bonchev–Trinajstić information content (AvgIpc) is 2.82. The van der Waals surface area contributed by atoms with Crippen molar-refractivity contribution in [2.24, 2.45) is 5.92 Å². The van der Waals surface area contributed by atoms with Gasteiger partial charge in [0.05, 0.1) is 17.2 Å². The topological polar surface area (TPSA) is 132 Å². The Hall–Kier alpha value is -4.11. The number of benzene rings is 2. The van der Waals surface area contributed by atoms with Crippen LogP contribution in [0.3, 0.4) is 0 Å². The number of carboxylic acids is 1. The minimum absolute atomic E-state index is 0.255. The lowest BCUT2D eigenvalue weighted by molar-refractivity contribution is -0.141. The highest BCUT2D eigenvalue weighted by atomic mass is 35.5. The van der Waals surface area contributed by atoms with Gasteiger partial charge in [0, 0.05) is 35.2 Å². The summed E-state index contributed by atoms with van der Waals surface area (Å²) in [4.78, 5) is 40.2. The zero-order valence-corrected chi connectivity index (χ0v) is 20.0. The molecule has 2 aromatic carbocycles. The van der Waals surface area contributed by atoms with E-state index in [1.54, 1.807) is 68.4 Å². The van der Waals surface area contributed by atoms with Gasteiger partial charge >= 0.3 is 12.0 Å². The highest BCUT2D eigenvalue weighted by molar-refractivity contribution is 6.30. The number of rotatable bonds is 9. The van der Waals surface area contributed by atoms with E-state index in [0.29, 0.717) is 35.1 Å². The molecule has 0 bridgehead atoms. The van der Waals surface area contributed by atoms with Gasteiger partial charge in [0.15, 0.2) is 0 Å². The molecule has 1 aromatic heterocycles. The zero-order valence-electron chi connectivity index (χ0n) is 19.3. The fourth-order valence-electron chi connectivity index (χ4n) is 3.18. The highest BCUT2D eigenvalue weighted by Crippen LogP contribution is 2.25. The number of carbonyl (C=O) groups is 3. The van der Waals surface area contributed by atoms with Gasteiger partial charge in [0.2, 0.25) is 0 Å². The van der Waals surface area contributed by atoms with Gasteiger partial charge < -0.3 is 21.1 Å². The maximum absolute atomic E-state index is 13.1. The number of hydrogen-bond donors (Lipinski definition) is 5. The number of hydrogen-bond acceptors (Lipinski definition) is 5. The van der Waals surface area contributed by atoms with Crippen molar-refractivity contribution in [3.63, 3.8) is 0 Å². The summed E-state index contributed by atoms with van der Waals surface area (Å²) in [6.45, 7) is 3.90. The van der Waals surface area contributed by atoms with Crippen molar-refractivity contribution in [2.75, 3.05) is 22.5 Å². The number of amides is 3. The van der Waals surface area contributed by atoms with Gasteiger partial charge in [0.1, 0.15) is 5.82 Å². The molecule has 0 aliphatic carbocycles. The Bertz CT molecular complexity index is 1200. The Morgan fingerprint density at radius 1 is 1.00 bits per heavy atom. The molecule has 182 valence electrons. The number of carboxylic acid groups (broad SMARTS) is 1. The van der Waals surface area contributed by atoms with E-state index in [1.807, 2.05) is 0 Å². The molecule has 0 saturated carbocycles. The predicted octanol–water partition coefficient (Wildman–Crippen LogP) is 5.14. The first-order chi connectivity index (χ1) is 16.7. The molecule has 9 nitrogen and oxygen atoms in total. The molecule has 0 aliphatic heterocycles. The lowest BCUT2D eigenvalue weighted by atomic mass is 10.0. The van der Waals surface area contributed by atoms with Crippen molar-refractivity contribution in [3.8, 4) is 0 Å². The Kier molecular flexibility index (Phi) is 8.63. The summed E-state index contributed by atoms with van der Waals surface area (Å²) in [5, 5.41) is 20.9. The molecule has 3 amide bonds. The van der Waals surface area contributed by atoms with E-state index < -0.39 is 23.8 Å². The molecule has 35 heavy (non-hydrogen) atoms. The molecule has 10 heteroatoms. The summed E-state index contributed by atoms with van der Waals surface area (Å²) < 4.78 is 0. The highest BCUT2D eigenvalue weighted by Gasteiger charge is 2.16. The smallest absolute Gasteiger partial charge is 0.320 e. The van der Waals surface area contributed by atoms with Crippen LogP contribution in [0.25, 0.3) is 0 Å². The molecule has 0 fully saturated rings. The maximum Gasteiger partial charge on any atom is 0.320 e. The van der Waals surface area contributed by atoms with Crippen LogP contribution in [0.1, 0.15) is 29.8 Å². The molecular weight excluding hydrogens is 470 g/mol. The van der Waals surface area contributed by atoms with Crippen LogP contribution in [-0.4, -0.2) is 34.5 Å². The summed E-state index contributed by atoms with van der Waals surface area (Å²) >= 11 is 5.97. The normalized spacial score (nSPS) is 11.3. The van der Waals surface area contributed by atoms with E-state index in [0.717, 1.165) is 5.56 Å². The summed E-state index contributed by atoms with van der Waals surface area (Å²) in [5.41, 5.74) is 2.77. The molecule has 0 saturated heterocycles. The first-order valence-electron chi connectivity index (χ1n) is 11.0. The van der Waals surface area contributed by atoms with Crippen LogP contribution < -0.4 is 21.3 Å². The number of pyridine rings is 1. The van der Waals surface area contributed by atoms with E-state index in [4.69, 9.17) is 16.7 Å². The van der Waals surface area contributed by atoms with Crippen LogP contribution in [0, 0.1) is 5.92 Å². The number of halogens is 1. The molecule has 5 N–H and O–H groups in total. The van der Waals surface area contributed by atoms with Crippen LogP contribution in [0.15, 0.2) is 60.8 Å². The number of aromatic nitrogens is 1. The molecular formula is C25H26ClN5O4. The van der Waals surface area contributed by atoms with E-state index in [-0.39, 0.29) is 11.4 Å². The third kappa shape index (κ3) is 7.44. The van der Waals surface area contributed by atoms with Crippen molar-refractivity contribution in [3.05, 3.63) is 76.9 Å². The average molecular weight is 496 g/mol. The van der Waals surface area contributed by atoms with Gasteiger partial charge in [-0.05, 0) is 55.3 Å². The standard InChI is InChI=1S/C25H26ClN5O4/c1-3-27-25(35)31-22-13-21(29-18-10-6-17(26)7-11-18)20(14-28-22)23(32)30-19-8-4-16(5-9-19)12-15(2)24(33)34/h4-11,13-15H,3,12H2,1-2H3,(H,30,32)(H,33,34)(H3,27,28,29,31,35). The first-order valence-corrected chi connectivity index (χ1v) is 11.3. The van der Waals surface area contributed by atoms with Crippen molar-refractivity contribution in [2.45, 2.75) is 20.3 Å². The van der Waals surface area contributed by atoms with Gasteiger partial charge in [-0.3, -0.25) is 14.9 Å². The summed E-state index contributed by atoms with van der Waals surface area (Å²) in [7, 11) is 0. The molecule has 3 rings (SSSR count). The van der Waals surface area contributed by atoms with Gasteiger partial charge in [-0.15, -0.1) is 0 Å².